The molecule has 0 spiro atoms. The van der Waals surface area contributed by atoms with E-state index in [-0.39, 0.29) is 0 Å². The normalized spacial score (nSPS) is 10.5. The van der Waals surface area contributed by atoms with Crippen LogP contribution in [-0.4, -0.2) is 19.9 Å². The van der Waals surface area contributed by atoms with Crippen LogP contribution in [0.3, 0.4) is 0 Å². The van der Waals surface area contributed by atoms with E-state index in [9.17, 15) is 0 Å². The first-order valence-corrected chi connectivity index (χ1v) is 6.66. The summed E-state index contributed by atoms with van der Waals surface area (Å²) in [6.07, 6.45) is 3.52. The minimum atomic E-state index is 0.479. The summed E-state index contributed by atoms with van der Waals surface area (Å²) in [6, 6.07) is 15.5. The van der Waals surface area contributed by atoms with Crippen molar-refractivity contribution in [1.82, 2.24) is 0 Å². The van der Waals surface area contributed by atoms with Crippen LogP contribution in [0.2, 0.25) is 0 Å². The fourth-order valence-electron chi connectivity index (χ4n) is 1.76. The molecule has 0 saturated heterocycles. The van der Waals surface area contributed by atoms with Crippen molar-refractivity contribution < 1.29 is 14.9 Å². The van der Waals surface area contributed by atoms with E-state index in [4.69, 9.17) is 9.47 Å². The molecular formula is C17H19N2O2+. The maximum atomic E-state index is 5.58. The van der Waals surface area contributed by atoms with Crippen molar-refractivity contribution in [2.75, 3.05) is 13.7 Å². The Hall–Kier alpha value is -2.59. The topological polar surface area (TPSA) is 47.4 Å². The minimum absolute atomic E-state index is 0.479. The van der Waals surface area contributed by atoms with Crippen molar-refractivity contribution in [3.8, 4) is 11.5 Å². The highest BCUT2D eigenvalue weighted by Gasteiger charge is 2.04. The van der Waals surface area contributed by atoms with E-state index in [0.717, 1.165) is 22.7 Å². The maximum Gasteiger partial charge on any atom is 0.198 e. The standard InChI is InChI=1S/C17H18N2O2/c1-3-12-21-17-7-5-4-6-16(17)19-18-13-14-8-10-15(20-2)11-9-14/h3-11,13,19H,1,12H2,2H3/p+1/b18-13-. The second kappa shape index (κ2) is 7.87. The molecule has 0 unspecified atom stereocenters. The van der Waals surface area contributed by atoms with E-state index in [1.807, 2.05) is 48.5 Å². The molecule has 0 bridgehead atoms. The van der Waals surface area contributed by atoms with Crippen LogP contribution in [0.4, 0.5) is 5.69 Å². The van der Waals surface area contributed by atoms with E-state index in [1.54, 1.807) is 24.8 Å². The van der Waals surface area contributed by atoms with Crippen LogP contribution < -0.4 is 14.9 Å². The zero-order valence-electron chi connectivity index (χ0n) is 12.0. The number of nitrogens with zero attached hydrogens (tertiary/aromatic N) is 1. The second-order valence-electron chi connectivity index (χ2n) is 4.32. The highest BCUT2D eigenvalue weighted by atomic mass is 16.5. The Balaban J connectivity index is 2.01. The molecule has 0 saturated carbocycles. The molecule has 0 radical (unpaired) electrons. The molecule has 0 aliphatic carbocycles. The van der Waals surface area contributed by atoms with E-state index in [0.29, 0.717) is 6.61 Å². The summed E-state index contributed by atoms with van der Waals surface area (Å²) in [7, 11) is 1.65. The first kappa shape index (κ1) is 14.8. The van der Waals surface area contributed by atoms with Gasteiger partial charge in [-0.2, -0.15) is 5.43 Å². The number of ether oxygens (including phenoxy) is 2. The summed E-state index contributed by atoms with van der Waals surface area (Å²) in [4.78, 5) is 0. The van der Waals surface area contributed by atoms with Gasteiger partial charge in [0.2, 0.25) is 0 Å². The van der Waals surface area contributed by atoms with Gasteiger partial charge in [-0.3, -0.25) is 0 Å². The molecule has 0 heterocycles. The zero-order valence-corrected chi connectivity index (χ0v) is 12.0. The lowest BCUT2D eigenvalue weighted by molar-refractivity contribution is -0.577. The highest BCUT2D eigenvalue weighted by Crippen LogP contribution is 2.18. The molecule has 2 rings (SSSR count). The number of hydrogen-bond acceptors (Lipinski definition) is 3. The predicted octanol–water partition coefficient (Wildman–Crippen LogP) is 2.49. The summed E-state index contributed by atoms with van der Waals surface area (Å²) in [5.41, 5.74) is 3.73. The van der Waals surface area contributed by atoms with Crippen molar-refractivity contribution in [3.63, 3.8) is 0 Å². The number of benzene rings is 2. The molecule has 0 amide bonds. The van der Waals surface area contributed by atoms with Crippen molar-refractivity contribution in [2.24, 2.45) is 5.10 Å². The van der Waals surface area contributed by atoms with Gasteiger partial charge in [-0.05, 0) is 35.9 Å². The number of methoxy groups -OCH3 is 1. The Morgan fingerprint density at radius 1 is 1.14 bits per heavy atom. The van der Waals surface area contributed by atoms with Gasteiger partial charge in [-0.25, -0.2) is 0 Å². The highest BCUT2D eigenvalue weighted by molar-refractivity contribution is 5.79. The van der Waals surface area contributed by atoms with E-state index in [1.165, 1.54) is 0 Å². The lowest BCUT2D eigenvalue weighted by atomic mass is 10.2. The summed E-state index contributed by atoms with van der Waals surface area (Å²) in [5.74, 6) is 1.63. The number of para-hydroxylation sites is 1. The third kappa shape index (κ3) is 4.47. The molecule has 0 atom stereocenters. The van der Waals surface area contributed by atoms with Gasteiger partial charge in [-0.15, -0.1) is 0 Å². The molecule has 4 nitrogen and oxygen atoms in total. The van der Waals surface area contributed by atoms with Gasteiger partial charge in [0.15, 0.2) is 11.4 Å². The molecule has 4 heteroatoms. The molecular weight excluding hydrogens is 264 g/mol. The van der Waals surface area contributed by atoms with Gasteiger partial charge in [-0.1, -0.05) is 29.9 Å². The van der Waals surface area contributed by atoms with Gasteiger partial charge >= 0.3 is 0 Å². The Morgan fingerprint density at radius 3 is 2.62 bits per heavy atom. The summed E-state index contributed by atoms with van der Waals surface area (Å²) in [6.45, 7) is 4.13. The van der Waals surface area contributed by atoms with Gasteiger partial charge in [0.05, 0.1) is 13.3 Å². The minimum Gasteiger partial charge on any atom is -0.497 e. The van der Waals surface area contributed by atoms with Crippen LogP contribution >= 0.6 is 0 Å². The quantitative estimate of drug-likeness (QED) is 0.279. The number of quaternary nitrogens is 1. The summed E-state index contributed by atoms with van der Waals surface area (Å²) < 4.78 is 10.7. The van der Waals surface area contributed by atoms with Crippen molar-refractivity contribution in [3.05, 3.63) is 66.7 Å². The monoisotopic (exact) mass is 283 g/mol. The third-order valence-corrected chi connectivity index (χ3v) is 2.83. The van der Waals surface area contributed by atoms with Gasteiger partial charge in [0, 0.05) is 6.07 Å². The van der Waals surface area contributed by atoms with Gasteiger partial charge in [0.1, 0.15) is 12.4 Å². The molecule has 2 aromatic rings. The molecule has 21 heavy (non-hydrogen) atoms. The number of rotatable bonds is 7. The number of nitrogens with two attached hydrogens (primary N) is 1. The first-order chi connectivity index (χ1) is 10.3. The van der Waals surface area contributed by atoms with E-state index >= 15 is 0 Å². The molecule has 0 aromatic heterocycles. The Labute approximate surface area is 124 Å². The number of hydrogen-bond donors (Lipinski definition) is 1. The average molecular weight is 283 g/mol. The van der Waals surface area contributed by atoms with Crippen molar-refractivity contribution >= 4 is 11.9 Å². The fourth-order valence-corrected chi connectivity index (χ4v) is 1.76. The third-order valence-electron chi connectivity index (χ3n) is 2.83. The largest absolute Gasteiger partial charge is 0.497 e. The van der Waals surface area contributed by atoms with Crippen LogP contribution in [0.25, 0.3) is 0 Å². The van der Waals surface area contributed by atoms with Crippen LogP contribution in [0.5, 0.6) is 11.5 Å². The van der Waals surface area contributed by atoms with Crippen LogP contribution in [0.1, 0.15) is 5.56 Å². The van der Waals surface area contributed by atoms with Gasteiger partial charge < -0.3 is 9.47 Å². The molecule has 0 fully saturated rings. The second-order valence-corrected chi connectivity index (χ2v) is 4.32. The smallest absolute Gasteiger partial charge is 0.198 e. The molecule has 0 aliphatic rings. The lowest BCUT2D eigenvalue weighted by Crippen LogP contribution is -2.71. The Bertz CT molecular complexity index is 606. The molecule has 2 N–H and O–H groups in total. The zero-order chi connectivity index (χ0) is 14.9. The van der Waals surface area contributed by atoms with Gasteiger partial charge in [0.25, 0.3) is 0 Å². The predicted molar refractivity (Wildman–Crippen MR) is 84.3 cm³/mol. The maximum absolute atomic E-state index is 5.58. The van der Waals surface area contributed by atoms with Crippen LogP contribution in [0, 0.1) is 0 Å². The molecule has 0 aliphatic heterocycles. The van der Waals surface area contributed by atoms with E-state index in [2.05, 4.69) is 11.7 Å². The summed E-state index contributed by atoms with van der Waals surface area (Å²) in [5, 5.41) is 4.34. The van der Waals surface area contributed by atoms with Crippen LogP contribution in [-0.2, 0) is 0 Å². The van der Waals surface area contributed by atoms with E-state index < -0.39 is 0 Å². The average Bonchev–Trinajstić information content (AvgIpc) is 2.54. The SMILES string of the molecule is C=CCOc1ccccc1[NH2+]/N=C\c1ccc(OC)cc1. The fraction of sp³-hybridized carbons (Fsp3) is 0.118. The van der Waals surface area contributed by atoms with Crippen molar-refractivity contribution in [2.45, 2.75) is 0 Å². The lowest BCUT2D eigenvalue weighted by Gasteiger charge is -2.04. The molecule has 2 aromatic carbocycles. The summed E-state index contributed by atoms with van der Waals surface area (Å²) >= 11 is 0. The Morgan fingerprint density at radius 2 is 1.90 bits per heavy atom. The Kier molecular flexibility index (Phi) is 5.55. The van der Waals surface area contributed by atoms with Crippen LogP contribution in [0.15, 0.2) is 66.3 Å². The first-order valence-electron chi connectivity index (χ1n) is 6.66. The van der Waals surface area contributed by atoms with Crippen molar-refractivity contribution in [1.29, 1.82) is 0 Å². The molecule has 108 valence electrons.